The fourth-order valence-electron chi connectivity index (χ4n) is 2.36. The molecule has 0 radical (unpaired) electrons. The number of carbonyl (C=O) groups excluding carboxylic acids is 1. The zero-order valence-corrected chi connectivity index (χ0v) is 13.4. The third kappa shape index (κ3) is 4.95. The third-order valence-electron chi connectivity index (χ3n) is 3.48. The molecule has 2 aromatic rings. The fourth-order valence-corrected chi connectivity index (χ4v) is 2.36. The van der Waals surface area contributed by atoms with Crippen molar-refractivity contribution in [3.05, 3.63) is 52.8 Å². The number of aryl methyl sites for hydroxylation is 2. The average Bonchev–Trinajstić information content (AvgIpc) is 2.81. The Hall–Kier alpha value is -2.63. The lowest BCUT2D eigenvalue weighted by molar-refractivity contribution is -0.137. The summed E-state index contributed by atoms with van der Waals surface area (Å²) < 4.78 is 1.90. The lowest BCUT2D eigenvalue weighted by Gasteiger charge is -2.08. The molecule has 0 aliphatic heterocycles. The van der Waals surface area contributed by atoms with E-state index in [1.807, 2.05) is 42.8 Å². The minimum absolute atomic E-state index is 0.0538. The van der Waals surface area contributed by atoms with Crippen molar-refractivity contribution in [1.82, 2.24) is 15.1 Å². The summed E-state index contributed by atoms with van der Waals surface area (Å²) in [6.07, 6.45) is 0.477. The van der Waals surface area contributed by atoms with Crippen molar-refractivity contribution >= 4 is 11.9 Å². The van der Waals surface area contributed by atoms with Gasteiger partial charge in [0.1, 0.15) is 0 Å². The Morgan fingerprint density at radius 3 is 2.70 bits per heavy atom. The molecule has 0 bridgehead atoms. The van der Waals surface area contributed by atoms with Gasteiger partial charge in [0.05, 0.1) is 12.2 Å². The Labute approximate surface area is 135 Å². The van der Waals surface area contributed by atoms with Gasteiger partial charge >= 0.3 is 5.97 Å². The van der Waals surface area contributed by atoms with Gasteiger partial charge in [0, 0.05) is 24.2 Å². The predicted molar refractivity (Wildman–Crippen MR) is 86.4 cm³/mol. The summed E-state index contributed by atoms with van der Waals surface area (Å²) in [6, 6.07) is 9.39. The quantitative estimate of drug-likeness (QED) is 0.767. The second kappa shape index (κ2) is 7.58. The van der Waals surface area contributed by atoms with Gasteiger partial charge in [0.15, 0.2) is 0 Å². The lowest BCUT2D eigenvalue weighted by Crippen LogP contribution is -2.25. The van der Waals surface area contributed by atoms with Gasteiger partial charge in [-0.05, 0) is 44.0 Å². The van der Waals surface area contributed by atoms with E-state index in [0.29, 0.717) is 25.1 Å². The van der Waals surface area contributed by atoms with Gasteiger partial charge in [-0.25, -0.2) is 0 Å². The highest BCUT2D eigenvalue weighted by Crippen LogP contribution is 2.10. The van der Waals surface area contributed by atoms with E-state index in [4.69, 9.17) is 5.11 Å². The van der Waals surface area contributed by atoms with Crippen molar-refractivity contribution in [3.63, 3.8) is 0 Å². The molecule has 0 aliphatic carbocycles. The number of nitrogens with zero attached hydrogens (tertiary/aromatic N) is 2. The zero-order valence-electron chi connectivity index (χ0n) is 13.4. The van der Waals surface area contributed by atoms with Crippen LogP contribution in [0.1, 0.15) is 40.2 Å². The number of aromatic nitrogens is 2. The van der Waals surface area contributed by atoms with Gasteiger partial charge in [-0.3, -0.25) is 14.3 Å². The molecule has 0 aliphatic rings. The van der Waals surface area contributed by atoms with Crippen LogP contribution in [0.25, 0.3) is 0 Å². The summed E-state index contributed by atoms with van der Waals surface area (Å²) in [6.45, 7) is 4.91. The minimum atomic E-state index is -0.855. The summed E-state index contributed by atoms with van der Waals surface area (Å²) >= 11 is 0. The molecule has 1 heterocycles. The number of amides is 1. The number of hydrogen-bond donors (Lipinski definition) is 2. The van der Waals surface area contributed by atoms with Crippen LogP contribution in [0.5, 0.6) is 0 Å². The number of carboxylic acid groups (broad SMARTS) is 1. The molecule has 2 N–H and O–H groups in total. The molecule has 1 aromatic carbocycles. The first kappa shape index (κ1) is 16.7. The fraction of sp³-hybridized carbons (Fsp3) is 0.353. The van der Waals surface area contributed by atoms with E-state index < -0.39 is 5.97 Å². The molecular weight excluding hydrogens is 294 g/mol. The molecular formula is C17H21N3O3. The van der Waals surface area contributed by atoms with Crippen LogP contribution in [0, 0.1) is 13.8 Å². The minimum Gasteiger partial charge on any atom is -0.481 e. The standard InChI is InChI=1S/C17H21N3O3/c1-12-9-13(2)20(19-12)11-14-5-3-6-15(10-14)17(23)18-8-4-7-16(21)22/h3,5-6,9-10H,4,7-8,11H2,1-2H3,(H,18,23)(H,21,22). The van der Waals surface area contributed by atoms with Crippen molar-refractivity contribution in [2.24, 2.45) is 0 Å². The zero-order chi connectivity index (χ0) is 16.8. The first-order chi connectivity index (χ1) is 11.0. The first-order valence-electron chi connectivity index (χ1n) is 7.55. The Bertz CT molecular complexity index is 707. The second-order valence-corrected chi connectivity index (χ2v) is 5.54. The van der Waals surface area contributed by atoms with Crippen LogP contribution < -0.4 is 5.32 Å². The van der Waals surface area contributed by atoms with E-state index in [9.17, 15) is 9.59 Å². The summed E-state index contributed by atoms with van der Waals surface area (Å²) in [5.74, 6) is -1.04. The van der Waals surface area contributed by atoms with E-state index in [2.05, 4.69) is 10.4 Å². The lowest BCUT2D eigenvalue weighted by atomic mass is 10.1. The maximum atomic E-state index is 12.1. The predicted octanol–water partition coefficient (Wildman–Crippen LogP) is 2.14. The number of hydrogen-bond acceptors (Lipinski definition) is 3. The van der Waals surface area contributed by atoms with Crippen LogP contribution in [-0.4, -0.2) is 33.3 Å². The largest absolute Gasteiger partial charge is 0.481 e. The normalized spacial score (nSPS) is 10.5. The van der Waals surface area contributed by atoms with Crippen LogP contribution in [-0.2, 0) is 11.3 Å². The first-order valence-corrected chi connectivity index (χ1v) is 7.55. The summed E-state index contributed by atoms with van der Waals surface area (Å²) in [5, 5.41) is 15.7. The van der Waals surface area contributed by atoms with Gasteiger partial charge in [0.25, 0.3) is 5.91 Å². The summed E-state index contributed by atoms with van der Waals surface area (Å²) in [4.78, 5) is 22.5. The Kier molecular flexibility index (Phi) is 5.51. The molecule has 23 heavy (non-hydrogen) atoms. The topological polar surface area (TPSA) is 84.2 Å². The maximum Gasteiger partial charge on any atom is 0.303 e. The average molecular weight is 315 g/mol. The molecule has 122 valence electrons. The van der Waals surface area contributed by atoms with E-state index in [-0.39, 0.29) is 12.3 Å². The molecule has 1 aromatic heterocycles. The van der Waals surface area contributed by atoms with Crippen LogP contribution in [0.3, 0.4) is 0 Å². The highest BCUT2D eigenvalue weighted by Gasteiger charge is 2.08. The smallest absolute Gasteiger partial charge is 0.303 e. The van der Waals surface area contributed by atoms with Gasteiger partial charge in [-0.2, -0.15) is 5.10 Å². The number of carboxylic acids is 1. The van der Waals surface area contributed by atoms with E-state index in [0.717, 1.165) is 17.0 Å². The number of rotatable bonds is 7. The van der Waals surface area contributed by atoms with E-state index >= 15 is 0 Å². The number of benzene rings is 1. The molecule has 0 spiro atoms. The maximum absolute atomic E-state index is 12.1. The molecule has 0 atom stereocenters. The Morgan fingerprint density at radius 2 is 2.04 bits per heavy atom. The van der Waals surface area contributed by atoms with Crippen LogP contribution in [0.15, 0.2) is 30.3 Å². The highest BCUT2D eigenvalue weighted by molar-refractivity contribution is 5.94. The van der Waals surface area contributed by atoms with Gasteiger partial charge in [-0.1, -0.05) is 12.1 Å². The second-order valence-electron chi connectivity index (χ2n) is 5.54. The number of nitrogens with one attached hydrogen (secondary N) is 1. The highest BCUT2D eigenvalue weighted by atomic mass is 16.4. The van der Waals surface area contributed by atoms with Crippen molar-refractivity contribution < 1.29 is 14.7 Å². The van der Waals surface area contributed by atoms with Crippen molar-refractivity contribution in [1.29, 1.82) is 0 Å². The molecule has 0 unspecified atom stereocenters. The van der Waals surface area contributed by atoms with Gasteiger partial charge < -0.3 is 10.4 Å². The van der Waals surface area contributed by atoms with Crippen LogP contribution in [0.2, 0.25) is 0 Å². The molecule has 1 amide bonds. The van der Waals surface area contributed by atoms with Crippen molar-refractivity contribution in [3.8, 4) is 0 Å². The van der Waals surface area contributed by atoms with E-state index in [1.54, 1.807) is 6.07 Å². The molecule has 6 nitrogen and oxygen atoms in total. The molecule has 0 saturated carbocycles. The van der Waals surface area contributed by atoms with Crippen molar-refractivity contribution in [2.45, 2.75) is 33.2 Å². The van der Waals surface area contributed by atoms with Crippen molar-refractivity contribution in [2.75, 3.05) is 6.54 Å². The molecule has 2 rings (SSSR count). The Morgan fingerprint density at radius 1 is 1.26 bits per heavy atom. The number of aliphatic carboxylic acids is 1. The van der Waals surface area contributed by atoms with Gasteiger partial charge in [-0.15, -0.1) is 0 Å². The Balaban J connectivity index is 1.97. The molecule has 6 heteroatoms. The third-order valence-corrected chi connectivity index (χ3v) is 3.48. The van der Waals surface area contributed by atoms with Gasteiger partial charge in [0.2, 0.25) is 0 Å². The van der Waals surface area contributed by atoms with E-state index in [1.165, 1.54) is 0 Å². The van der Waals surface area contributed by atoms with Crippen LogP contribution in [0.4, 0.5) is 0 Å². The molecule has 0 saturated heterocycles. The monoisotopic (exact) mass is 315 g/mol. The summed E-state index contributed by atoms with van der Waals surface area (Å²) in [5.41, 5.74) is 3.61. The number of carbonyl (C=O) groups is 2. The summed E-state index contributed by atoms with van der Waals surface area (Å²) in [7, 11) is 0. The SMILES string of the molecule is Cc1cc(C)n(Cc2cccc(C(=O)NCCCC(=O)O)c2)n1. The molecule has 0 fully saturated rings. The van der Waals surface area contributed by atoms with Crippen LogP contribution >= 0.6 is 0 Å².